The smallest absolute Gasteiger partial charge is 0.133 e. The number of nitrogens with one attached hydrogen (secondary N) is 2. The minimum absolute atomic E-state index is 0.289. The predicted octanol–water partition coefficient (Wildman–Crippen LogP) is -1.07. The summed E-state index contributed by atoms with van der Waals surface area (Å²) < 4.78 is 0. The molecule has 0 spiro atoms. The van der Waals surface area contributed by atoms with Crippen LogP contribution in [0.1, 0.15) is 23.0 Å². The molecule has 1 aliphatic rings. The second-order valence-corrected chi connectivity index (χ2v) is 6.69. The summed E-state index contributed by atoms with van der Waals surface area (Å²) in [4.78, 5) is 12.1. The summed E-state index contributed by atoms with van der Waals surface area (Å²) in [5.41, 5.74) is 0.976. The second-order valence-electron chi connectivity index (χ2n) is 5.80. The number of hydrogen-bond acceptors (Lipinski definition) is 4. The van der Waals surface area contributed by atoms with Gasteiger partial charge in [-0.25, -0.2) is 4.98 Å². The molecule has 2 N–H and O–H groups in total. The van der Waals surface area contributed by atoms with E-state index in [0.29, 0.717) is 0 Å². The van der Waals surface area contributed by atoms with Gasteiger partial charge in [0.15, 0.2) is 0 Å². The Morgan fingerprint density at radius 2 is 2.24 bits per heavy atom. The number of aryl methyl sites for hydroxylation is 1. The average molecular weight is 307 g/mol. The van der Waals surface area contributed by atoms with E-state index in [1.165, 1.54) is 44.1 Å². The molecule has 0 unspecified atom stereocenters. The Balaban J connectivity index is 1.68. The lowest BCUT2D eigenvalue weighted by atomic mass is 10.2. The number of likely N-dealkylation sites (N-methyl/N-ethyl adjacent to an activating group) is 1. The van der Waals surface area contributed by atoms with Crippen molar-refractivity contribution < 1.29 is 9.80 Å². The van der Waals surface area contributed by atoms with E-state index in [9.17, 15) is 5.26 Å². The third-order valence-corrected chi connectivity index (χ3v) is 4.97. The van der Waals surface area contributed by atoms with Gasteiger partial charge in [-0.3, -0.25) is 4.99 Å². The highest BCUT2D eigenvalue weighted by Gasteiger charge is 2.18. The summed E-state index contributed by atoms with van der Waals surface area (Å²) in [6.45, 7) is 9.06. The fourth-order valence-corrected chi connectivity index (χ4v) is 3.35. The molecule has 5 nitrogen and oxygen atoms in total. The molecule has 0 saturated carbocycles. The maximum atomic E-state index is 9.19. The van der Waals surface area contributed by atoms with E-state index >= 15 is 0 Å². The first kappa shape index (κ1) is 16.1. The van der Waals surface area contributed by atoms with Crippen LogP contribution in [-0.4, -0.2) is 57.5 Å². The third kappa shape index (κ3) is 5.20. The first-order valence-electron chi connectivity index (χ1n) is 7.65. The molecule has 1 atom stereocenters. The summed E-state index contributed by atoms with van der Waals surface area (Å²) >= 11 is 1.54. The number of piperazine rings is 1. The van der Waals surface area contributed by atoms with E-state index in [0.717, 1.165) is 23.7 Å². The number of aromatic nitrogens is 1. The summed E-state index contributed by atoms with van der Waals surface area (Å²) in [6, 6.07) is 2.27. The van der Waals surface area contributed by atoms with Crippen molar-refractivity contribution >= 4 is 17.6 Å². The van der Waals surface area contributed by atoms with Gasteiger partial charge in [-0.1, -0.05) is 0 Å². The van der Waals surface area contributed by atoms with Crippen LogP contribution in [0.5, 0.6) is 0 Å². The lowest BCUT2D eigenvalue weighted by Crippen LogP contribution is -3.27. The van der Waals surface area contributed by atoms with Crippen molar-refractivity contribution in [1.82, 2.24) is 4.98 Å². The van der Waals surface area contributed by atoms with Gasteiger partial charge in [0.1, 0.15) is 37.1 Å². The van der Waals surface area contributed by atoms with Crippen LogP contribution in [0.25, 0.3) is 0 Å². The standard InChI is InChI=1S/C15H23N5S/c1-13-12-21-15(18-13)14(10-16)11-17-4-3-5-20-8-6-19(2)7-9-20/h11-12,14H,3-9H2,1-2H3/p+2/t14-/m1/s1. The SMILES string of the molecule is Cc1csc([C@H](C#N)C=NCCC[NH+]2CC[NH+](C)CC2)n1. The van der Waals surface area contributed by atoms with Crippen molar-refractivity contribution in [3.05, 3.63) is 16.1 Å². The van der Waals surface area contributed by atoms with Crippen LogP contribution in [-0.2, 0) is 0 Å². The molecule has 1 fully saturated rings. The van der Waals surface area contributed by atoms with Crippen LogP contribution in [0, 0.1) is 18.3 Å². The van der Waals surface area contributed by atoms with E-state index in [4.69, 9.17) is 0 Å². The second kappa shape index (κ2) is 8.23. The lowest BCUT2D eigenvalue weighted by Gasteiger charge is -2.27. The van der Waals surface area contributed by atoms with E-state index in [1.54, 1.807) is 16.0 Å². The van der Waals surface area contributed by atoms with Crippen molar-refractivity contribution in [3.63, 3.8) is 0 Å². The highest BCUT2D eigenvalue weighted by atomic mass is 32.1. The first-order valence-corrected chi connectivity index (χ1v) is 8.53. The van der Waals surface area contributed by atoms with Gasteiger partial charge in [0.25, 0.3) is 0 Å². The van der Waals surface area contributed by atoms with Crippen LogP contribution < -0.4 is 9.80 Å². The van der Waals surface area contributed by atoms with Gasteiger partial charge in [0.2, 0.25) is 0 Å². The molecule has 6 heteroatoms. The minimum atomic E-state index is -0.289. The Bertz CT molecular complexity index is 496. The Morgan fingerprint density at radius 3 is 2.86 bits per heavy atom. The number of aliphatic imine (C=N–C) groups is 1. The fourth-order valence-electron chi connectivity index (χ4n) is 2.55. The number of hydrogen-bond donors (Lipinski definition) is 2. The lowest BCUT2D eigenvalue weighted by molar-refractivity contribution is -1.00. The molecule has 0 amide bonds. The number of rotatable bonds is 6. The molecule has 1 aromatic rings. The maximum absolute atomic E-state index is 9.19. The molecule has 0 aliphatic carbocycles. The molecular weight excluding hydrogens is 282 g/mol. The van der Waals surface area contributed by atoms with Crippen LogP contribution in [0.15, 0.2) is 10.4 Å². The van der Waals surface area contributed by atoms with E-state index < -0.39 is 0 Å². The number of quaternary nitrogens is 2. The summed E-state index contributed by atoms with van der Waals surface area (Å²) in [7, 11) is 2.27. The third-order valence-electron chi connectivity index (χ3n) is 3.92. The zero-order valence-corrected chi connectivity index (χ0v) is 13.7. The van der Waals surface area contributed by atoms with Crippen molar-refractivity contribution in [2.24, 2.45) is 4.99 Å². The monoisotopic (exact) mass is 307 g/mol. The van der Waals surface area contributed by atoms with Crippen LogP contribution in [0.4, 0.5) is 0 Å². The Labute approximate surface area is 130 Å². The van der Waals surface area contributed by atoms with Crippen LogP contribution in [0.2, 0.25) is 0 Å². The molecule has 0 bridgehead atoms. The summed E-state index contributed by atoms with van der Waals surface area (Å²) in [6.07, 6.45) is 2.86. The van der Waals surface area contributed by atoms with Crippen LogP contribution >= 0.6 is 11.3 Å². The summed E-state index contributed by atoms with van der Waals surface area (Å²) in [5.74, 6) is -0.289. The summed E-state index contributed by atoms with van der Waals surface area (Å²) in [5, 5.41) is 12.0. The van der Waals surface area contributed by atoms with Gasteiger partial charge in [0, 0.05) is 30.3 Å². The molecule has 2 rings (SSSR count). The Kier molecular flexibility index (Phi) is 6.30. The van der Waals surface area contributed by atoms with Gasteiger partial charge < -0.3 is 9.80 Å². The molecule has 1 aromatic heterocycles. The van der Waals surface area contributed by atoms with Gasteiger partial charge in [-0.15, -0.1) is 11.3 Å². The zero-order chi connectivity index (χ0) is 15.1. The van der Waals surface area contributed by atoms with Crippen LogP contribution in [0.3, 0.4) is 0 Å². The van der Waals surface area contributed by atoms with Gasteiger partial charge in [0.05, 0.1) is 19.7 Å². The Morgan fingerprint density at radius 1 is 1.48 bits per heavy atom. The van der Waals surface area contributed by atoms with Gasteiger partial charge in [-0.05, 0) is 6.92 Å². The molecule has 0 aromatic carbocycles. The largest absolute Gasteiger partial charge is 0.328 e. The van der Waals surface area contributed by atoms with Crippen molar-refractivity contribution in [3.8, 4) is 6.07 Å². The predicted molar refractivity (Wildman–Crippen MR) is 85.4 cm³/mol. The van der Waals surface area contributed by atoms with E-state index in [1.807, 2.05) is 12.3 Å². The quantitative estimate of drug-likeness (QED) is 0.520. The number of nitriles is 1. The number of nitrogens with zero attached hydrogens (tertiary/aromatic N) is 3. The molecule has 21 heavy (non-hydrogen) atoms. The Hall–Kier alpha value is -1.29. The van der Waals surface area contributed by atoms with E-state index in [2.05, 4.69) is 23.1 Å². The van der Waals surface area contributed by atoms with Gasteiger partial charge in [-0.2, -0.15) is 5.26 Å². The number of thiazole rings is 1. The molecule has 1 saturated heterocycles. The molecule has 0 radical (unpaired) electrons. The highest BCUT2D eigenvalue weighted by Crippen LogP contribution is 2.17. The minimum Gasteiger partial charge on any atom is -0.328 e. The molecule has 1 aliphatic heterocycles. The molecular formula is C15H25N5S+2. The normalized spacial score (nSPS) is 24.0. The maximum Gasteiger partial charge on any atom is 0.133 e. The van der Waals surface area contributed by atoms with Gasteiger partial charge >= 0.3 is 0 Å². The average Bonchev–Trinajstić information content (AvgIpc) is 2.91. The topological polar surface area (TPSA) is 57.9 Å². The molecule has 2 heterocycles. The zero-order valence-electron chi connectivity index (χ0n) is 12.9. The van der Waals surface area contributed by atoms with Crippen molar-refractivity contribution in [2.45, 2.75) is 19.3 Å². The van der Waals surface area contributed by atoms with Crippen molar-refractivity contribution in [2.75, 3.05) is 46.3 Å². The molecule has 114 valence electrons. The first-order chi connectivity index (χ1) is 10.2. The highest BCUT2D eigenvalue weighted by molar-refractivity contribution is 7.09. The fraction of sp³-hybridized carbons (Fsp3) is 0.667. The van der Waals surface area contributed by atoms with E-state index in [-0.39, 0.29) is 5.92 Å². The van der Waals surface area contributed by atoms with Crippen molar-refractivity contribution in [1.29, 1.82) is 5.26 Å².